The summed E-state index contributed by atoms with van der Waals surface area (Å²) >= 11 is 0. The molecule has 1 saturated carbocycles. The van der Waals surface area contributed by atoms with Gasteiger partial charge in [-0.05, 0) is 6.42 Å². The van der Waals surface area contributed by atoms with Gasteiger partial charge in [-0.2, -0.15) is 0 Å². The van der Waals surface area contributed by atoms with Gasteiger partial charge in [-0.1, -0.05) is 18.2 Å². The number of carbonyl (C=O) groups excluding carboxylic acids is 2. The van der Waals surface area contributed by atoms with Crippen molar-refractivity contribution in [1.82, 2.24) is 0 Å². The van der Waals surface area contributed by atoms with E-state index in [0.29, 0.717) is 25.7 Å². The third-order valence-electron chi connectivity index (χ3n) is 2.36. The molecule has 0 aromatic carbocycles. The second-order valence-corrected chi connectivity index (χ2v) is 3.42. The lowest BCUT2D eigenvalue weighted by molar-refractivity contribution is -0.123. The fourth-order valence-electron chi connectivity index (χ4n) is 1.59. The maximum absolute atomic E-state index is 11.5. The number of hydrogen-bond acceptors (Lipinski definition) is 2. The molecule has 1 aliphatic carbocycles. The molecule has 0 heterocycles. The third kappa shape index (κ3) is 2.38. The van der Waals surface area contributed by atoms with Crippen LogP contribution in [-0.2, 0) is 9.59 Å². The molecule has 0 bridgehead atoms. The Morgan fingerprint density at radius 2 is 2.08 bits per heavy atom. The van der Waals surface area contributed by atoms with E-state index in [1.165, 1.54) is 0 Å². The highest BCUT2D eigenvalue weighted by atomic mass is 16.1. The van der Waals surface area contributed by atoms with Crippen molar-refractivity contribution in [3.63, 3.8) is 0 Å². The Balaban J connectivity index is 2.78. The van der Waals surface area contributed by atoms with Crippen molar-refractivity contribution < 1.29 is 9.59 Å². The van der Waals surface area contributed by atoms with Gasteiger partial charge in [0.2, 0.25) is 0 Å². The van der Waals surface area contributed by atoms with Crippen molar-refractivity contribution in [1.29, 1.82) is 0 Å². The molecule has 1 fully saturated rings. The summed E-state index contributed by atoms with van der Waals surface area (Å²) < 4.78 is 0. The average Bonchev–Trinajstić information content (AvgIpc) is 2.19. The topological polar surface area (TPSA) is 34.1 Å². The van der Waals surface area contributed by atoms with Gasteiger partial charge in [0.1, 0.15) is 11.6 Å². The Morgan fingerprint density at radius 1 is 1.38 bits per heavy atom. The first-order valence-corrected chi connectivity index (χ1v) is 4.48. The Kier molecular flexibility index (Phi) is 3.18. The molecular formula is C11H14O2. The van der Waals surface area contributed by atoms with E-state index in [1.807, 2.05) is 0 Å². The van der Waals surface area contributed by atoms with E-state index in [4.69, 9.17) is 0 Å². The number of allylic oxidation sites excluding steroid dienone is 2. The van der Waals surface area contributed by atoms with Crippen LogP contribution in [0.1, 0.15) is 25.7 Å². The van der Waals surface area contributed by atoms with E-state index in [1.54, 1.807) is 6.08 Å². The maximum Gasteiger partial charge on any atom is 0.140 e. The number of Topliss-reactive ketones (excluding diaryl/α,β-unsaturated/α-hetero) is 2. The lowest BCUT2D eigenvalue weighted by Gasteiger charge is -2.11. The van der Waals surface area contributed by atoms with Crippen molar-refractivity contribution in [3.8, 4) is 0 Å². The van der Waals surface area contributed by atoms with Gasteiger partial charge in [-0.15, -0.1) is 6.58 Å². The van der Waals surface area contributed by atoms with Crippen molar-refractivity contribution >= 4 is 11.6 Å². The number of hydrogen-bond donors (Lipinski definition) is 0. The van der Waals surface area contributed by atoms with E-state index in [-0.39, 0.29) is 17.5 Å². The highest BCUT2D eigenvalue weighted by Gasteiger charge is 2.25. The van der Waals surface area contributed by atoms with Crippen molar-refractivity contribution in [2.75, 3.05) is 0 Å². The molecule has 70 valence electrons. The van der Waals surface area contributed by atoms with Crippen LogP contribution < -0.4 is 0 Å². The van der Waals surface area contributed by atoms with Crippen LogP contribution in [0.5, 0.6) is 0 Å². The second kappa shape index (κ2) is 4.17. The van der Waals surface area contributed by atoms with Crippen LogP contribution in [0.15, 0.2) is 24.8 Å². The van der Waals surface area contributed by atoms with E-state index in [2.05, 4.69) is 13.2 Å². The minimum Gasteiger partial charge on any atom is -0.299 e. The standard InChI is InChI=1S/C11H14O2/c1-3-4-10-8(2)7-9(12)5-6-11(10)13/h3,10H,1-2,4-7H2/t10-/m1/s1. The van der Waals surface area contributed by atoms with Crippen LogP contribution in [-0.4, -0.2) is 11.6 Å². The number of carbonyl (C=O) groups is 2. The molecule has 0 unspecified atom stereocenters. The first-order valence-electron chi connectivity index (χ1n) is 4.48. The first kappa shape index (κ1) is 9.90. The van der Waals surface area contributed by atoms with Crippen LogP contribution >= 0.6 is 0 Å². The molecule has 1 aliphatic rings. The molecule has 1 atom stereocenters. The Hall–Kier alpha value is -1.18. The monoisotopic (exact) mass is 178 g/mol. The minimum absolute atomic E-state index is 0.130. The Morgan fingerprint density at radius 3 is 2.69 bits per heavy atom. The van der Waals surface area contributed by atoms with Crippen molar-refractivity contribution in [2.45, 2.75) is 25.7 Å². The summed E-state index contributed by atoms with van der Waals surface area (Å²) in [6, 6.07) is 0. The van der Waals surface area contributed by atoms with Crippen LogP contribution in [0.2, 0.25) is 0 Å². The largest absolute Gasteiger partial charge is 0.299 e. The van der Waals surface area contributed by atoms with Crippen molar-refractivity contribution in [3.05, 3.63) is 24.8 Å². The molecule has 0 spiro atoms. The van der Waals surface area contributed by atoms with Crippen LogP contribution in [0, 0.1) is 5.92 Å². The zero-order chi connectivity index (χ0) is 9.84. The van der Waals surface area contributed by atoms with Gasteiger partial charge >= 0.3 is 0 Å². The molecule has 0 N–H and O–H groups in total. The van der Waals surface area contributed by atoms with E-state index in [0.717, 1.165) is 5.57 Å². The SMILES string of the molecule is C=CC[C@@H]1C(=C)CC(=O)CCC1=O. The van der Waals surface area contributed by atoms with Gasteiger partial charge < -0.3 is 0 Å². The molecule has 13 heavy (non-hydrogen) atoms. The minimum atomic E-state index is -0.163. The van der Waals surface area contributed by atoms with Crippen LogP contribution in [0.4, 0.5) is 0 Å². The zero-order valence-corrected chi connectivity index (χ0v) is 7.71. The molecule has 1 rings (SSSR count). The summed E-state index contributed by atoms with van der Waals surface area (Å²) in [6.07, 6.45) is 3.45. The molecule has 0 radical (unpaired) electrons. The molecule has 0 aliphatic heterocycles. The van der Waals surface area contributed by atoms with Crippen LogP contribution in [0.3, 0.4) is 0 Å². The fraction of sp³-hybridized carbons (Fsp3) is 0.455. The summed E-state index contributed by atoms with van der Waals surface area (Å²) in [5.74, 6) is 0.101. The van der Waals surface area contributed by atoms with Gasteiger partial charge in [-0.25, -0.2) is 0 Å². The molecule has 2 heteroatoms. The average molecular weight is 178 g/mol. The molecule has 2 nitrogen and oxygen atoms in total. The molecule has 0 amide bonds. The molecule has 0 aromatic rings. The Bertz CT molecular complexity index is 263. The van der Waals surface area contributed by atoms with Crippen molar-refractivity contribution in [2.24, 2.45) is 5.92 Å². The van der Waals surface area contributed by atoms with E-state index >= 15 is 0 Å². The predicted octanol–water partition coefficient (Wildman–Crippen LogP) is 2.06. The highest BCUT2D eigenvalue weighted by molar-refractivity contribution is 5.93. The molecule has 0 saturated heterocycles. The van der Waals surface area contributed by atoms with E-state index < -0.39 is 0 Å². The van der Waals surface area contributed by atoms with Crippen LogP contribution in [0.25, 0.3) is 0 Å². The summed E-state index contributed by atoms with van der Waals surface area (Å²) in [6.45, 7) is 7.38. The third-order valence-corrected chi connectivity index (χ3v) is 2.36. The lowest BCUT2D eigenvalue weighted by Crippen LogP contribution is -2.13. The summed E-state index contributed by atoms with van der Waals surface area (Å²) in [7, 11) is 0. The predicted molar refractivity (Wildman–Crippen MR) is 51.3 cm³/mol. The van der Waals surface area contributed by atoms with Gasteiger partial charge in [0.05, 0.1) is 0 Å². The Labute approximate surface area is 78.3 Å². The zero-order valence-electron chi connectivity index (χ0n) is 7.71. The highest BCUT2D eigenvalue weighted by Crippen LogP contribution is 2.25. The lowest BCUT2D eigenvalue weighted by atomic mass is 9.91. The maximum atomic E-state index is 11.5. The van der Waals surface area contributed by atoms with E-state index in [9.17, 15) is 9.59 Å². The number of ketones is 2. The van der Waals surface area contributed by atoms with Gasteiger partial charge in [0.25, 0.3) is 0 Å². The fourth-order valence-corrected chi connectivity index (χ4v) is 1.59. The first-order chi connectivity index (χ1) is 6.15. The van der Waals surface area contributed by atoms with Gasteiger partial charge in [0, 0.05) is 25.2 Å². The molecular weight excluding hydrogens is 164 g/mol. The smallest absolute Gasteiger partial charge is 0.140 e. The second-order valence-electron chi connectivity index (χ2n) is 3.42. The summed E-state index contributed by atoms with van der Waals surface area (Å²) in [5.41, 5.74) is 0.757. The molecule has 0 aromatic heterocycles. The van der Waals surface area contributed by atoms with Gasteiger partial charge in [-0.3, -0.25) is 9.59 Å². The summed E-state index contributed by atoms with van der Waals surface area (Å²) in [4.78, 5) is 22.6. The quantitative estimate of drug-likeness (QED) is 0.479. The normalized spacial score (nSPS) is 24.3. The number of rotatable bonds is 2. The van der Waals surface area contributed by atoms with Gasteiger partial charge in [0.15, 0.2) is 0 Å². The summed E-state index contributed by atoms with van der Waals surface area (Å²) in [5, 5.41) is 0.